The molecule has 2 heterocycles. The zero-order valence-corrected chi connectivity index (χ0v) is 14.4. The molecule has 0 bridgehead atoms. The molecule has 1 atom stereocenters. The van der Waals surface area contributed by atoms with E-state index in [1.165, 1.54) is 0 Å². The maximum Gasteiger partial charge on any atom is 0.153 e. The number of aryl methyl sites for hydroxylation is 1. The highest BCUT2D eigenvalue weighted by molar-refractivity contribution is 6.30. The lowest BCUT2D eigenvalue weighted by molar-refractivity contribution is 0.458. The van der Waals surface area contributed by atoms with Crippen LogP contribution in [0.3, 0.4) is 0 Å². The van der Waals surface area contributed by atoms with Crippen molar-refractivity contribution in [3.8, 4) is 0 Å². The van der Waals surface area contributed by atoms with Gasteiger partial charge in [0.1, 0.15) is 11.5 Å². The average molecular weight is 352 g/mol. The van der Waals surface area contributed by atoms with Crippen LogP contribution < -0.4 is 16.4 Å². The summed E-state index contributed by atoms with van der Waals surface area (Å²) in [7, 11) is 0. The summed E-state index contributed by atoms with van der Waals surface area (Å²) in [5.74, 6) is 1.50. The molecule has 0 radical (unpaired) electrons. The average Bonchev–Trinajstić information content (AvgIpc) is 3.00. The van der Waals surface area contributed by atoms with Crippen LogP contribution in [-0.4, -0.2) is 10.2 Å². The number of hydrogen-bond donors (Lipinski definition) is 4. The number of anilines is 1. The van der Waals surface area contributed by atoms with Crippen molar-refractivity contribution in [1.29, 1.82) is 0 Å². The van der Waals surface area contributed by atoms with E-state index in [2.05, 4.69) is 20.8 Å². The summed E-state index contributed by atoms with van der Waals surface area (Å²) in [5, 5.41) is 14.5. The molecule has 5 N–H and O–H groups in total. The van der Waals surface area contributed by atoms with Gasteiger partial charge in [0, 0.05) is 22.3 Å². The first-order chi connectivity index (χ1) is 12.0. The number of nitrogens with zero attached hydrogens (tertiary/aromatic N) is 1. The molecule has 1 aromatic heterocycles. The molecule has 6 heteroatoms. The van der Waals surface area contributed by atoms with Gasteiger partial charge in [0.15, 0.2) is 5.82 Å². The van der Waals surface area contributed by atoms with Crippen molar-refractivity contribution >= 4 is 23.5 Å². The molecule has 4 rings (SSSR count). The lowest BCUT2D eigenvalue weighted by atomic mass is 9.86. The Bertz CT molecular complexity index is 962. The molecule has 0 fully saturated rings. The van der Waals surface area contributed by atoms with Crippen LogP contribution in [0.4, 0.5) is 5.82 Å². The predicted molar refractivity (Wildman–Crippen MR) is 101 cm³/mol. The van der Waals surface area contributed by atoms with Crippen molar-refractivity contribution in [3.63, 3.8) is 0 Å². The van der Waals surface area contributed by atoms with Crippen molar-refractivity contribution in [2.24, 2.45) is 5.73 Å². The first-order valence-corrected chi connectivity index (χ1v) is 8.36. The number of nitrogens with two attached hydrogens (primary N) is 1. The monoisotopic (exact) mass is 351 g/mol. The van der Waals surface area contributed by atoms with Crippen LogP contribution in [0, 0.1) is 6.92 Å². The van der Waals surface area contributed by atoms with Gasteiger partial charge in [-0.2, -0.15) is 5.10 Å². The SMILES string of the molecule is Cc1cc(NC2=Cc3ccccc3C(N)(c3cccc(Cl)c3)N2)n[nH]1. The van der Waals surface area contributed by atoms with E-state index in [9.17, 15) is 0 Å². The summed E-state index contributed by atoms with van der Waals surface area (Å²) in [6, 6.07) is 17.6. The van der Waals surface area contributed by atoms with E-state index in [1.807, 2.05) is 67.6 Å². The molecule has 0 aliphatic carbocycles. The van der Waals surface area contributed by atoms with E-state index < -0.39 is 5.66 Å². The van der Waals surface area contributed by atoms with Gasteiger partial charge in [-0.3, -0.25) is 5.10 Å². The fraction of sp³-hybridized carbons (Fsp3) is 0.105. The maximum atomic E-state index is 6.83. The van der Waals surface area contributed by atoms with E-state index >= 15 is 0 Å². The van der Waals surface area contributed by atoms with Gasteiger partial charge in [0.05, 0.1) is 0 Å². The zero-order chi connectivity index (χ0) is 17.4. The number of benzene rings is 2. The van der Waals surface area contributed by atoms with Gasteiger partial charge in [-0.05, 0) is 36.3 Å². The minimum atomic E-state index is -0.899. The third-order valence-corrected chi connectivity index (χ3v) is 4.50. The van der Waals surface area contributed by atoms with Gasteiger partial charge in [0.2, 0.25) is 0 Å². The van der Waals surface area contributed by atoms with Gasteiger partial charge < -0.3 is 16.4 Å². The Balaban J connectivity index is 1.79. The summed E-state index contributed by atoms with van der Waals surface area (Å²) >= 11 is 6.19. The van der Waals surface area contributed by atoms with Crippen molar-refractivity contribution in [2.45, 2.75) is 12.6 Å². The molecule has 25 heavy (non-hydrogen) atoms. The van der Waals surface area contributed by atoms with Crippen LogP contribution in [0.1, 0.15) is 22.4 Å². The van der Waals surface area contributed by atoms with Gasteiger partial charge >= 0.3 is 0 Å². The van der Waals surface area contributed by atoms with E-state index in [0.717, 1.165) is 34.0 Å². The van der Waals surface area contributed by atoms with Gasteiger partial charge in [-0.25, -0.2) is 0 Å². The second-order valence-electron chi connectivity index (χ2n) is 6.15. The number of fused-ring (bicyclic) bond motifs is 1. The second kappa shape index (κ2) is 5.95. The van der Waals surface area contributed by atoms with Gasteiger partial charge in [-0.15, -0.1) is 0 Å². The van der Waals surface area contributed by atoms with E-state index in [4.69, 9.17) is 17.3 Å². The number of aromatic amines is 1. The van der Waals surface area contributed by atoms with Crippen LogP contribution in [0.2, 0.25) is 5.02 Å². The molecule has 5 nitrogen and oxygen atoms in total. The van der Waals surface area contributed by atoms with E-state index in [1.54, 1.807) is 0 Å². The fourth-order valence-electron chi connectivity index (χ4n) is 3.10. The molecule has 2 aromatic carbocycles. The first kappa shape index (κ1) is 15.7. The Morgan fingerprint density at radius 2 is 1.96 bits per heavy atom. The third kappa shape index (κ3) is 2.88. The fourth-order valence-corrected chi connectivity index (χ4v) is 3.29. The van der Waals surface area contributed by atoms with Crippen LogP contribution in [0.5, 0.6) is 0 Å². The van der Waals surface area contributed by atoms with Crippen molar-refractivity contribution in [2.75, 3.05) is 5.32 Å². The lowest BCUT2D eigenvalue weighted by Gasteiger charge is -2.38. The summed E-state index contributed by atoms with van der Waals surface area (Å²) in [5.41, 5.74) is 9.83. The van der Waals surface area contributed by atoms with Crippen LogP contribution in [0.15, 0.2) is 60.4 Å². The van der Waals surface area contributed by atoms with Gasteiger partial charge in [0.25, 0.3) is 0 Å². The summed E-state index contributed by atoms with van der Waals surface area (Å²) in [6.07, 6.45) is 2.02. The Hall–Kier alpha value is -2.76. The molecule has 1 unspecified atom stereocenters. The highest BCUT2D eigenvalue weighted by atomic mass is 35.5. The van der Waals surface area contributed by atoms with Crippen molar-refractivity contribution < 1.29 is 0 Å². The number of aromatic nitrogens is 2. The molecule has 3 aromatic rings. The van der Waals surface area contributed by atoms with Gasteiger partial charge in [-0.1, -0.05) is 48.0 Å². The minimum Gasteiger partial charge on any atom is -0.346 e. The summed E-state index contributed by atoms with van der Waals surface area (Å²) < 4.78 is 0. The molecule has 0 amide bonds. The maximum absolute atomic E-state index is 6.83. The Morgan fingerprint density at radius 3 is 2.72 bits per heavy atom. The summed E-state index contributed by atoms with van der Waals surface area (Å²) in [4.78, 5) is 0. The minimum absolute atomic E-state index is 0.647. The summed E-state index contributed by atoms with van der Waals surface area (Å²) in [6.45, 7) is 1.95. The number of halogens is 1. The second-order valence-corrected chi connectivity index (χ2v) is 6.59. The largest absolute Gasteiger partial charge is 0.346 e. The molecule has 1 aliphatic heterocycles. The smallest absolute Gasteiger partial charge is 0.153 e. The third-order valence-electron chi connectivity index (χ3n) is 4.27. The molecular formula is C19H18ClN5. The highest BCUT2D eigenvalue weighted by Crippen LogP contribution is 2.34. The zero-order valence-electron chi connectivity index (χ0n) is 13.7. The lowest BCUT2D eigenvalue weighted by Crippen LogP contribution is -2.53. The quantitative estimate of drug-likeness (QED) is 0.582. The topological polar surface area (TPSA) is 78.8 Å². The standard InChI is InChI=1S/C19H18ClN5/c1-12-9-18(25-24-12)22-17-10-13-5-2-3-8-16(13)19(21,23-17)14-6-4-7-15(20)11-14/h2-11,23H,21H2,1H3,(H2,22,24,25). The van der Waals surface area contributed by atoms with Crippen LogP contribution in [0.25, 0.3) is 6.08 Å². The van der Waals surface area contributed by atoms with Crippen LogP contribution in [-0.2, 0) is 5.66 Å². The normalized spacial score (nSPS) is 18.9. The van der Waals surface area contributed by atoms with E-state index in [-0.39, 0.29) is 0 Å². The Morgan fingerprint density at radius 1 is 1.12 bits per heavy atom. The number of rotatable bonds is 3. The predicted octanol–water partition coefficient (Wildman–Crippen LogP) is 3.55. The number of H-pyrrole nitrogens is 1. The van der Waals surface area contributed by atoms with Crippen molar-refractivity contribution in [1.82, 2.24) is 15.5 Å². The molecule has 0 spiro atoms. The number of hydrogen-bond acceptors (Lipinski definition) is 4. The molecule has 0 saturated heterocycles. The van der Waals surface area contributed by atoms with Crippen LogP contribution >= 0.6 is 11.6 Å². The first-order valence-electron chi connectivity index (χ1n) is 7.98. The number of nitrogens with one attached hydrogen (secondary N) is 3. The molecule has 0 saturated carbocycles. The highest BCUT2D eigenvalue weighted by Gasteiger charge is 2.35. The van der Waals surface area contributed by atoms with E-state index in [0.29, 0.717) is 5.02 Å². The Labute approximate surface area is 150 Å². The Kier molecular flexibility index (Phi) is 3.75. The molecular weight excluding hydrogens is 334 g/mol. The van der Waals surface area contributed by atoms with Crippen molar-refractivity contribution in [3.05, 3.63) is 87.8 Å². The molecule has 126 valence electrons. The molecule has 1 aliphatic rings.